The molecule has 0 spiro atoms. The van der Waals surface area contributed by atoms with E-state index in [9.17, 15) is 0 Å². The summed E-state index contributed by atoms with van der Waals surface area (Å²) in [7, 11) is 0. The second kappa shape index (κ2) is 6.26. The third-order valence-electron chi connectivity index (χ3n) is 3.29. The fraction of sp³-hybridized carbons (Fsp3) is 0.250. The van der Waals surface area contributed by atoms with E-state index in [-0.39, 0.29) is 0 Å². The molecule has 0 heterocycles. The van der Waals surface area contributed by atoms with Crippen molar-refractivity contribution in [2.24, 2.45) is 0 Å². The molecule has 0 aliphatic heterocycles. The molecule has 4 heteroatoms. The number of rotatable bonds is 3. The van der Waals surface area contributed by atoms with Gasteiger partial charge in [-0.05, 0) is 49.6 Å². The second-order valence-corrected chi connectivity index (χ2v) is 6.23. The Kier molecular flexibility index (Phi) is 4.85. The molecule has 0 radical (unpaired) electrons. The Labute approximate surface area is 134 Å². The fourth-order valence-electron chi connectivity index (χ4n) is 2.38. The Hall–Kier alpha value is -0.890. The molecule has 20 heavy (non-hydrogen) atoms. The largest absolute Gasteiger partial charge is 0.379 e. The molecule has 2 rings (SSSR count). The lowest BCUT2D eigenvalue weighted by Gasteiger charge is -2.15. The van der Waals surface area contributed by atoms with Crippen molar-refractivity contribution >= 4 is 40.5 Å². The Morgan fingerprint density at radius 3 is 1.85 bits per heavy atom. The highest BCUT2D eigenvalue weighted by Gasteiger charge is 2.09. The Morgan fingerprint density at radius 1 is 0.850 bits per heavy atom. The molecule has 0 atom stereocenters. The van der Waals surface area contributed by atoms with Crippen LogP contribution in [-0.2, 0) is 6.54 Å². The predicted molar refractivity (Wildman–Crippen MR) is 89.5 cm³/mol. The van der Waals surface area contributed by atoms with Crippen LogP contribution in [0.25, 0.3) is 0 Å². The van der Waals surface area contributed by atoms with Gasteiger partial charge in [0.15, 0.2) is 0 Å². The maximum absolute atomic E-state index is 6.17. The topological polar surface area (TPSA) is 12.0 Å². The number of halogens is 3. The van der Waals surface area contributed by atoms with Crippen LogP contribution in [0.4, 0.5) is 5.69 Å². The molecule has 0 unspecified atom stereocenters. The normalized spacial score (nSPS) is 10.7. The summed E-state index contributed by atoms with van der Waals surface area (Å²) in [4.78, 5) is 0. The molecule has 1 nitrogen and oxygen atoms in total. The Morgan fingerprint density at radius 2 is 1.35 bits per heavy atom. The first-order valence-corrected chi connectivity index (χ1v) is 7.47. The molecule has 1 N–H and O–H groups in total. The first-order valence-electron chi connectivity index (χ1n) is 6.33. The molecular formula is C16H16Cl3N. The van der Waals surface area contributed by atoms with E-state index in [1.165, 1.54) is 22.3 Å². The van der Waals surface area contributed by atoms with Crippen molar-refractivity contribution < 1.29 is 0 Å². The van der Waals surface area contributed by atoms with Crippen molar-refractivity contribution in [3.05, 3.63) is 61.6 Å². The molecule has 0 fully saturated rings. The molecular weight excluding hydrogens is 313 g/mol. The van der Waals surface area contributed by atoms with Crippen molar-refractivity contribution in [2.45, 2.75) is 27.3 Å². The van der Waals surface area contributed by atoms with Gasteiger partial charge >= 0.3 is 0 Å². The van der Waals surface area contributed by atoms with E-state index in [1.807, 2.05) is 0 Å². The van der Waals surface area contributed by atoms with Gasteiger partial charge < -0.3 is 5.32 Å². The van der Waals surface area contributed by atoms with Gasteiger partial charge in [-0.1, -0.05) is 52.5 Å². The zero-order valence-corrected chi connectivity index (χ0v) is 13.9. The van der Waals surface area contributed by atoms with Crippen molar-refractivity contribution in [2.75, 3.05) is 5.32 Å². The lowest BCUT2D eigenvalue weighted by Crippen LogP contribution is -2.05. The minimum atomic E-state index is 0.532. The van der Waals surface area contributed by atoms with Gasteiger partial charge in [0.1, 0.15) is 0 Å². The molecule has 106 valence electrons. The lowest BCUT2D eigenvalue weighted by atomic mass is 10.00. The highest BCUT2D eigenvalue weighted by atomic mass is 35.5. The fourth-order valence-corrected chi connectivity index (χ4v) is 3.33. The first kappa shape index (κ1) is 15.5. The zero-order valence-electron chi connectivity index (χ0n) is 11.7. The predicted octanol–water partition coefficient (Wildman–Crippen LogP) is 6.18. The van der Waals surface area contributed by atoms with E-state index in [1.54, 1.807) is 12.1 Å². The first-order chi connectivity index (χ1) is 9.38. The van der Waals surface area contributed by atoms with E-state index in [0.717, 1.165) is 5.69 Å². The molecule has 0 bridgehead atoms. The van der Waals surface area contributed by atoms with Gasteiger partial charge in [0.05, 0.1) is 15.7 Å². The minimum Gasteiger partial charge on any atom is -0.379 e. The summed E-state index contributed by atoms with van der Waals surface area (Å²) in [5.41, 5.74) is 5.77. The van der Waals surface area contributed by atoms with Crippen LogP contribution in [0, 0.1) is 20.8 Å². The minimum absolute atomic E-state index is 0.532. The third-order valence-corrected chi connectivity index (χ3v) is 4.10. The van der Waals surface area contributed by atoms with Crippen molar-refractivity contribution in [1.82, 2.24) is 0 Å². The van der Waals surface area contributed by atoms with Crippen LogP contribution in [-0.4, -0.2) is 0 Å². The summed E-state index contributed by atoms with van der Waals surface area (Å²) in [5, 5.41) is 4.90. The van der Waals surface area contributed by atoms with Crippen molar-refractivity contribution in [3.8, 4) is 0 Å². The number of nitrogens with one attached hydrogen (secondary N) is 1. The standard InChI is InChI=1S/C16H16Cl3N/c1-9-4-10(2)13(11(3)5-9)8-20-16-14(18)6-12(17)7-15(16)19/h4-7,20H,8H2,1-3H3. The van der Waals surface area contributed by atoms with E-state index in [4.69, 9.17) is 34.8 Å². The van der Waals surface area contributed by atoms with Gasteiger partial charge in [-0.15, -0.1) is 0 Å². The van der Waals surface area contributed by atoms with Crippen LogP contribution < -0.4 is 5.32 Å². The molecule has 0 saturated heterocycles. The van der Waals surface area contributed by atoms with Gasteiger partial charge in [-0.25, -0.2) is 0 Å². The van der Waals surface area contributed by atoms with Crippen LogP contribution in [0.2, 0.25) is 15.1 Å². The smallest absolute Gasteiger partial charge is 0.0722 e. The van der Waals surface area contributed by atoms with Crippen LogP contribution in [0.5, 0.6) is 0 Å². The number of anilines is 1. The SMILES string of the molecule is Cc1cc(C)c(CNc2c(Cl)cc(Cl)cc2Cl)c(C)c1. The molecule has 2 aromatic carbocycles. The third kappa shape index (κ3) is 3.41. The summed E-state index contributed by atoms with van der Waals surface area (Å²) in [6, 6.07) is 7.72. The van der Waals surface area contributed by atoms with Gasteiger partial charge in [-0.2, -0.15) is 0 Å². The zero-order chi connectivity index (χ0) is 14.9. The Bertz CT molecular complexity index is 547. The highest BCUT2D eigenvalue weighted by molar-refractivity contribution is 6.41. The van der Waals surface area contributed by atoms with Gasteiger partial charge in [0, 0.05) is 11.6 Å². The van der Waals surface area contributed by atoms with Crippen molar-refractivity contribution in [3.63, 3.8) is 0 Å². The number of aryl methyl sites for hydroxylation is 3. The van der Waals surface area contributed by atoms with E-state index < -0.39 is 0 Å². The maximum Gasteiger partial charge on any atom is 0.0722 e. The van der Waals surface area contributed by atoms with Crippen LogP contribution >= 0.6 is 34.8 Å². The van der Waals surface area contributed by atoms with E-state index in [0.29, 0.717) is 21.6 Å². The average Bonchev–Trinajstić information content (AvgIpc) is 2.30. The average molecular weight is 329 g/mol. The molecule has 2 aromatic rings. The second-order valence-electron chi connectivity index (χ2n) is 4.98. The summed E-state index contributed by atoms with van der Waals surface area (Å²) < 4.78 is 0. The monoisotopic (exact) mass is 327 g/mol. The lowest BCUT2D eigenvalue weighted by molar-refractivity contribution is 1.08. The van der Waals surface area contributed by atoms with Crippen molar-refractivity contribution in [1.29, 1.82) is 0 Å². The highest BCUT2D eigenvalue weighted by Crippen LogP contribution is 2.34. The van der Waals surface area contributed by atoms with E-state index in [2.05, 4.69) is 38.2 Å². The van der Waals surface area contributed by atoms with Gasteiger partial charge in [-0.3, -0.25) is 0 Å². The molecule has 0 amide bonds. The molecule has 0 aromatic heterocycles. The summed E-state index contributed by atoms with van der Waals surface area (Å²) >= 11 is 18.3. The van der Waals surface area contributed by atoms with Gasteiger partial charge in [0.25, 0.3) is 0 Å². The molecule has 0 aliphatic rings. The number of hydrogen-bond acceptors (Lipinski definition) is 1. The Balaban J connectivity index is 2.26. The van der Waals surface area contributed by atoms with E-state index >= 15 is 0 Å². The molecule has 0 saturated carbocycles. The van der Waals surface area contributed by atoms with Gasteiger partial charge in [0.2, 0.25) is 0 Å². The van der Waals surface area contributed by atoms with Crippen LogP contribution in [0.1, 0.15) is 22.3 Å². The molecule has 0 aliphatic carbocycles. The van der Waals surface area contributed by atoms with Crippen LogP contribution in [0.3, 0.4) is 0 Å². The van der Waals surface area contributed by atoms with Crippen LogP contribution in [0.15, 0.2) is 24.3 Å². The number of benzene rings is 2. The summed E-state index contributed by atoms with van der Waals surface area (Å²) in [6.45, 7) is 7.01. The maximum atomic E-state index is 6.17. The summed E-state index contributed by atoms with van der Waals surface area (Å²) in [5.74, 6) is 0. The quantitative estimate of drug-likeness (QED) is 0.709. The summed E-state index contributed by atoms with van der Waals surface area (Å²) in [6.07, 6.45) is 0. The number of hydrogen-bond donors (Lipinski definition) is 1.